The molecule has 0 aliphatic rings. The van der Waals surface area contributed by atoms with E-state index >= 15 is 0 Å². The molecule has 0 aliphatic heterocycles. The molecule has 5 nitrogen and oxygen atoms in total. The normalized spacial score (nSPS) is 12.3. The first-order valence-electron chi connectivity index (χ1n) is 5.22. The summed E-state index contributed by atoms with van der Waals surface area (Å²) in [6.07, 6.45) is 1.54. The fourth-order valence-corrected chi connectivity index (χ4v) is 1.65. The van der Waals surface area contributed by atoms with E-state index < -0.39 is 5.97 Å². The van der Waals surface area contributed by atoms with E-state index in [9.17, 15) is 4.79 Å². The second-order valence-corrected chi connectivity index (χ2v) is 3.80. The second kappa shape index (κ2) is 4.29. The molecule has 0 saturated carbocycles. The molecule has 0 saturated heterocycles. The largest absolute Gasteiger partial charge is 0.476 e. The first kappa shape index (κ1) is 11.2. The summed E-state index contributed by atoms with van der Waals surface area (Å²) in [7, 11) is 0. The predicted octanol–water partition coefficient (Wildman–Crippen LogP) is 1.77. The SMILES string of the molecule is CC(c1ccccc1)n1cc(N)c(C(=O)O)n1. The predicted molar refractivity (Wildman–Crippen MR) is 63.9 cm³/mol. The number of carbonyl (C=O) groups is 1. The van der Waals surface area contributed by atoms with Gasteiger partial charge in [0, 0.05) is 6.20 Å². The fraction of sp³-hybridized carbons (Fsp3) is 0.167. The first-order chi connectivity index (χ1) is 8.09. The van der Waals surface area contributed by atoms with Crippen LogP contribution in [0.4, 0.5) is 5.69 Å². The van der Waals surface area contributed by atoms with Crippen LogP contribution < -0.4 is 5.73 Å². The Bertz CT molecular complexity index is 534. The van der Waals surface area contributed by atoms with Crippen molar-refractivity contribution in [1.82, 2.24) is 9.78 Å². The third-order valence-electron chi connectivity index (χ3n) is 2.64. The standard InChI is InChI=1S/C12H13N3O2/c1-8(9-5-3-2-4-6-9)15-7-10(13)11(14-15)12(16)17/h2-8H,13H2,1H3,(H,16,17). The van der Waals surface area contributed by atoms with E-state index in [4.69, 9.17) is 10.8 Å². The molecule has 88 valence electrons. The summed E-state index contributed by atoms with van der Waals surface area (Å²) in [4.78, 5) is 10.8. The van der Waals surface area contributed by atoms with Gasteiger partial charge in [-0.05, 0) is 12.5 Å². The van der Waals surface area contributed by atoms with Gasteiger partial charge >= 0.3 is 5.97 Å². The third kappa shape index (κ3) is 2.13. The van der Waals surface area contributed by atoms with Crippen LogP contribution in [0, 0.1) is 0 Å². The Balaban J connectivity index is 2.35. The van der Waals surface area contributed by atoms with E-state index in [0.717, 1.165) is 5.56 Å². The van der Waals surface area contributed by atoms with Crippen molar-refractivity contribution < 1.29 is 9.90 Å². The molecule has 1 atom stereocenters. The van der Waals surface area contributed by atoms with E-state index in [2.05, 4.69) is 5.10 Å². The van der Waals surface area contributed by atoms with E-state index in [-0.39, 0.29) is 17.4 Å². The van der Waals surface area contributed by atoms with Crippen LogP contribution in [0.25, 0.3) is 0 Å². The maximum Gasteiger partial charge on any atom is 0.358 e. The Morgan fingerprint density at radius 3 is 2.59 bits per heavy atom. The quantitative estimate of drug-likeness (QED) is 0.843. The molecular formula is C12H13N3O2. The van der Waals surface area contributed by atoms with Crippen LogP contribution in [0.1, 0.15) is 29.0 Å². The molecule has 1 heterocycles. The second-order valence-electron chi connectivity index (χ2n) is 3.80. The van der Waals surface area contributed by atoms with E-state index in [1.807, 2.05) is 37.3 Å². The van der Waals surface area contributed by atoms with Crippen LogP contribution in [0.5, 0.6) is 0 Å². The van der Waals surface area contributed by atoms with Crippen LogP contribution in [-0.2, 0) is 0 Å². The minimum absolute atomic E-state index is 0.0494. The highest BCUT2D eigenvalue weighted by molar-refractivity contribution is 5.91. The van der Waals surface area contributed by atoms with Crippen molar-refractivity contribution in [2.75, 3.05) is 5.73 Å². The summed E-state index contributed by atoms with van der Waals surface area (Å²) < 4.78 is 1.56. The zero-order valence-electron chi connectivity index (χ0n) is 9.37. The summed E-state index contributed by atoms with van der Waals surface area (Å²) in [6, 6.07) is 9.65. The summed E-state index contributed by atoms with van der Waals surface area (Å²) >= 11 is 0. The van der Waals surface area contributed by atoms with Gasteiger partial charge in [-0.1, -0.05) is 30.3 Å². The summed E-state index contributed by atoms with van der Waals surface area (Å²) in [5.74, 6) is -1.11. The lowest BCUT2D eigenvalue weighted by molar-refractivity contribution is 0.0690. The molecule has 0 bridgehead atoms. The van der Waals surface area contributed by atoms with Crippen molar-refractivity contribution in [2.24, 2.45) is 0 Å². The Labute approximate surface area is 98.5 Å². The Morgan fingerprint density at radius 1 is 1.41 bits per heavy atom. The van der Waals surface area contributed by atoms with Crippen LogP contribution in [0.2, 0.25) is 0 Å². The molecule has 0 radical (unpaired) electrons. The van der Waals surface area contributed by atoms with Gasteiger partial charge in [0.25, 0.3) is 0 Å². The molecule has 1 aromatic carbocycles. The highest BCUT2D eigenvalue weighted by Gasteiger charge is 2.16. The molecule has 0 amide bonds. The molecule has 2 aromatic rings. The topological polar surface area (TPSA) is 81.1 Å². The highest BCUT2D eigenvalue weighted by atomic mass is 16.4. The molecule has 0 fully saturated rings. The van der Waals surface area contributed by atoms with Gasteiger partial charge in [0.05, 0.1) is 11.7 Å². The monoisotopic (exact) mass is 231 g/mol. The van der Waals surface area contributed by atoms with Crippen LogP contribution in [0.15, 0.2) is 36.5 Å². The Kier molecular flexibility index (Phi) is 2.82. The van der Waals surface area contributed by atoms with Crippen LogP contribution in [-0.4, -0.2) is 20.9 Å². The van der Waals surface area contributed by atoms with Crippen LogP contribution in [0.3, 0.4) is 0 Å². The fourth-order valence-electron chi connectivity index (χ4n) is 1.65. The Hall–Kier alpha value is -2.30. The van der Waals surface area contributed by atoms with Gasteiger partial charge in [0.2, 0.25) is 0 Å². The maximum atomic E-state index is 10.8. The van der Waals surface area contributed by atoms with E-state index in [1.165, 1.54) is 0 Å². The van der Waals surface area contributed by atoms with Crippen molar-refractivity contribution in [3.05, 3.63) is 47.8 Å². The smallest absolute Gasteiger partial charge is 0.358 e. The number of anilines is 1. The van der Waals surface area contributed by atoms with E-state index in [0.29, 0.717) is 0 Å². The lowest BCUT2D eigenvalue weighted by Crippen LogP contribution is -2.09. The number of nitrogen functional groups attached to an aromatic ring is 1. The van der Waals surface area contributed by atoms with Gasteiger partial charge in [-0.3, -0.25) is 4.68 Å². The maximum absolute atomic E-state index is 10.8. The molecule has 1 aromatic heterocycles. The number of carboxylic acids is 1. The number of nitrogens with zero attached hydrogens (tertiary/aromatic N) is 2. The summed E-state index contributed by atoms with van der Waals surface area (Å²) in [5, 5.41) is 12.9. The lowest BCUT2D eigenvalue weighted by atomic mass is 10.1. The molecule has 0 spiro atoms. The van der Waals surface area contributed by atoms with Crippen molar-refractivity contribution in [3.8, 4) is 0 Å². The summed E-state index contributed by atoms with van der Waals surface area (Å²) in [6.45, 7) is 1.94. The number of benzene rings is 1. The van der Waals surface area contributed by atoms with Crippen molar-refractivity contribution in [1.29, 1.82) is 0 Å². The van der Waals surface area contributed by atoms with Gasteiger partial charge < -0.3 is 10.8 Å². The van der Waals surface area contributed by atoms with Crippen LogP contribution >= 0.6 is 0 Å². The van der Waals surface area contributed by atoms with Crippen molar-refractivity contribution in [2.45, 2.75) is 13.0 Å². The van der Waals surface area contributed by atoms with E-state index in [1.54, 1.807) is 10.9 Å². The number of carboxylic acid groups (broad SMARTS) is 1. The molecule has 1 unspecified atom stereocenters. The molecule has 5 heteroatoms. The molecule has 0 aliphatic carbocycles. The number of hydrogen-bond donors (Lipinski definition) is 2. The lowest BCUT2D eigenvalue weighted by Gasteiger charge is -2.11. The Morgan fingerprint density at radius 2 is 2.06 bits per heavy atom. The number of aromatic nitrogens is 2. The first-order valence-corrected chi connectivity index (χ1v) is 5.22. The average molecular weight is 231 g/mol. The third-order valence-corrected chi connectivity index (χ3v) is 2.64. The number of rotatable bonds is 3. The van der Waals surface area contributed by atoms with Gasteiger partial charge in [0.15, 0.2) is 5.69 Å². The van der Waals surface area contributed by atoms with Crippen molar-refractivity contribution >= 4 is 11.7 Å². The zero-order chi connectivity index (χ0) is 12.4. The van der Waals surface area contributed by atoms with Gasteiger partial charge in [-0.25, -0.2) is 4.79 Å². The highest BCUT2D eigenvalue weighted by Crippen LogP contribution is 2.19. The molecule has 17 heavy (non-hydrogen) atoms. The minimum Gasteiger partial charge on any atom is -0.476 e. The van der Waals surface area contributed by atoms with Gasteiger partial charge in [0.1, 0.15) is 0 Å². The zero-order valence-corrected chi connectivity index (χ0v) is 9.37. The number of hydrogen-bond acceptors (Lipinski definition) is 3. The van der Waals surface area contributed by atoms with Gasteiger partial charge in [-0.15, -0.1) is 0 Å². The number of aromatic carboxylic acids is 1. The van der Waals surface area contributed by atoms with Crippen molar-refractivity contribution in [3.63, 3.8) is 0 Å². The van der Waals surface area contributed by atoms with Gasteiger partial charge in [-0.2, -0.15) is 5.10 Å². The molecular weight excluding hydrogens is 218 g/mol. The number of nitrogens with two attached hydrogens (primary N) is 1. The molecule has 3 N–H and O–H groups in total. The minimum atomic E-state index is -1.11. The summed E-state index contributed by atoms with van der Waals surface area (Å²) in [5.41, 5.74) is 6.72. The average Bonchev–Trinajstić information content (AvgIpc) is 2.71. The molecule has 2 rings (SSSR count).